The fraction of sp³-hybridized carbons (Fsp3) is 0.769. The van der Waals surface area contributed by atoms with Crippen LogP contribution in [-0.2, 0) is 0 Å². The summed E-state index contributed by atoms with van der Waals surface area (Å²) in [5, 5.41) is 0. The largest absolute Gasteiger partial charge is 0.435 e. The maximum Gasteiger partial charge on any atom is 0.387 e. The topological polar surface area (TPSA) is 9.23 Å². The summed E-state index contributed by atoms with van der Waals surface area (Å²) < 4.78 is 29.1. The Balaban J connectivity index is 1.17. The van der Waals surface area contributed by atoms with Crippen LogP contribution in [0.5, 0.6) is 5.75 Å². The number of benzene rings is 1. The van der Waals surface area contributed by atoms with Gasteiger partial charge in [-0.15, -0.1) is 0 Å². The Morgan fingerprint density at radius 1 is 0.690 bits per heavy atom. The van der Waals surface area contributed by atoms with Crippen molar-refractivity contribution in [3.8, 4) is 5.75 Å². The van der Waals surface area contributed by atoms with Gasteiger partial charge in [0, 0.05) is 0 Å². The van der Waals surface area contributed by atoms with Crippen molar-refractivity contribution in [2.45, 2.75) is 102 Å². The molecular weight excluding hydrogens is 366 g/mol. The average molecular weight is 405 g/mol. The van der Waals surface area contributed by atoms with Crippen LogP contribution in [0, 0.1) is 23.7 Å². The summed E-state index contributed by atoms with van der Waals surface area (Å²) in [5.41, 5.74) is 1.29. The van der Waals surface area contributed by atoms with Crippen molar-refractivity contribution in [3.63, 3.8) is 0 Å². The molecule has 162 valence electrons. The summed E-state index contributed by atoms with van der Waals surface area (Å²) >= 11 is 0. The Hall–Kier alpha value is -1.12. The summed E-state index contributed by atoms with van der Waals surface area (Å²) in [6, 6.07) is 7.36. The molecule has 0 aromatic heterocycles. The molecule has 3 aliphatic carbocycles. The molecule has 0 heterocycles. The molecule has 0 saturated heterocycles. The molecule has 1 aromatic carbocycles. The molecule has 29 heavy (non-hydrogen) atoms. The van der Waals surface area contributed by atoms with E-state index in [1.165, 1.54) is 95.5 Å². The van der Waals surface area contributed by atoms with Crippen LogP contribution in [0.3, 0.4) is 0 Å². The molecule has 3 aliphatic rings. The van der Waals surface area contributed by atoms with E-state index in [9.17, 15) is 8.78 Å². The van der Waals surface area contributed by atoms with Crippen LogP contribution >= 0.6 is 0 Å². The van der Waals surface area contributed by atoms with Gasteiger partial charge in [0.05, 0.1) is 0 Å². The molecule has 0 spiro atoms. The lowest BCUT2D eigenvalue weighted by Gasteiger charge is -2.38. The van der Waals surface area contributed by atoms with Crippen molar-refractivity contribution in [1.82, 2.24) is 0 Å². The minimum atomic E-state index is -2.74. The Kier molecular flexibility index (Phi) is 7.48. The fourth-order valence-electron chi connectivity index (χ4n) is 6.56. The number of ether oxygens (including phenoxy) is 1. The second-order valence-electron chi connectivity index (χ2n) is 10.1. The van der Waals surface area contributed by atoms with E-state index < -0.39 is 6.61 Å². The summed E-state index contributed by atoms with van der Waals surface area (Å²) in [4.78, 5) is 0. The Morgan fingerprint density at radius 3 is 1.76 bits per heavy atom. The highest BCUT2D eigenvalue weighted by Gasteiger charge is 2.31. The van der Waals surface area contributed by atoms with Gasteiger partial charge in [-0.25, -0.2) is 0 Å². The van der Waals surface area contributed by atoms with Gasteiger partial charge in [-0.05, 0) is 85.8 Å². The van der Waals surface area contributed by atoms with Crippen LogP contribution in [0.4, 0.5) is 8.78 Å². The zero-order valence-corrected chi connectivity index (χ0v) is 17.8. The van der Waals surface area contributed by atoms with E-state index in [1.54, 1.807) is 12.1 Å². The lowest BCUT2D eigenvalue weighted by molar-refractivity contribution is -0.0498. The van der Waals surface area contributed by atoms with Gasteiger partial charge in [0.15, 0.2) is 0 Å². The van der Waals surface area contributed by atoms with Crippen LogP contribution in [0.25, 0.3) is 0 Å². The molecule has 1 aromatic rings. The molecule has 4 rings (SSSR count). The average Bonchev–Trinajstić information content (AvgIpc) is 3.27. The molecule has 0 N–H and O–H groups in total. The second-order valence-corrected chi connectivity index (χ2v) is 10.1. The molecule has 0 radical (unpaired) electrons. The zero-order chi connectivity index (χ0) is 20.1. The number of hydrogen-bond acceptors (Lipinski definition) is 1. The maximum atomic E-state index is 12.3. The summed E-state index contributed by atoms with van der Waals surface area (Å²) in [5.74, 6) is 4.80. The molecule has 0 unspecified atom stereocenters. The van der Waals surface area contributed by atoms with Gasteiger partial charge in [0.2, 0.25) is 0 Å². The fourth-order valence-corrected chi connectivity index (χ4v) is 6.56. The molecule has 0 atom stereocenters. The number of hydrogen-bond donors (Lipinski definition) is 0. The number of alkyl halides is 2. The smallest absolute Gasteiger partial charge is 0.387 e. The first kappa shape index (κ1) is 21.1. The first-order valence-electron chi connectivity index (χ1n) is 12.2. The van der Waals surface area contributed by atoms with E-state index in [0.717, 1.165) is 23.7 Å². The van der Waals surface area contributed by atoms with Gasteiger partial charge < -0.3 is 4.74 Å². The molecular formula is C26H38F2O. The minimum Gasteiger partial charge on any atom is -0.435 e. The van der Waals surface area contributed by atoms with Crippen molar-refractivity contribution in [2.75, 3.05) is 0 Å². The molecule has 1 nitrogen and oxygen atoms in total. The highest BCUT2D eigenvalue weighted by Crippen LogP contribution is 2.45. The molecule has 0 aliphatic heterocycles. The Labute approximate surface area is 175 Å². The van der Waals surface area contributed by atoms with Crippen LogP contribution in [0.15, 0.2) is 24.3 Å². The quantitative estimate of drug-likeness (QED) is 0.444. The predicted molar refractivity (Wildman–Crippen MR) is 114 cm³/mol. The SMILES string of the molecule is FC(F)Oc1ccc(C2CCC(C3CCC(CCC4CCCC4)CC3)CC2)cc1. The normalized spacial score (nSPS) is 31.3. The molecule has 3 saturated carbocycles. The third kappa shape index (κ3) is 5.95. The van der Waals surface area contributed by atoms with Gasteiger partial charge in [-0.3, -0.25) is 0 Å². The van der Waals surface area contributed by atoms with E-state index in [4.69, 9.17) is 0 Å². The monoisotopic (exact) mass is 404 g/mol. The lowest BCUT2D eigenvalue weighted by Crippen LogP contribution is -2.25. The Bertz CT molecular complexity index is 592. The van der Waals surface area contributed by atoms with E-state index in [-0.39, 0.29) is 5.75 Å². The van der Waals surface area contributed by atoms with Crippen LogP contribution < -0.4 is 4.74 Å². The standard InChI is InChI=1S/C26H38F2O/c27-26(28)29-25-17-15-24(16-18-25)23-13-11-22(12-14-23)21-9-7-20(8-10-21)6-5-19-3-1-2-4-19/h15-23,26H,1-14H2. The second kappa shape index (κ2) is 10.3. The first-order chi connectivity index (χ1) is 14.2. The number of rotatable bonds is 7. The maximum absolute atomic E-state index is 12.3. The predicted octanol–water partition coefficient (Wildman–Crippen LogP) is 8.34. The lowest BCUT2D eigenvalue weighted by atomic mass is 9.68. The van der Waals surface area contributed by atoms with Crippen molar-refractivity contribution in [1.29, 1.82) is 0 Å². The van der Waals surface area contributed by atoms with Gasteiger partial charge in [0.1, 0.15) is 5.75 Å². The molecule has 0 amide bonds. The highest BCUT2D eigenvalue weighted by atomic mass is 19.3. The highest BCUT2D eigenvalue weighted by molar-refractivity contribution is 5.29. The van der Waals surface area contributed by atoms with Crippen molar-refractivity contribution in [3.05, 3.63) is 29.8 Å². The first-order valence-corrected chi connectivity index (χ1v) is 12.2. The number of halogens is 2. The van der Waals surface area contributed by atoms with E-state index in [0.29, 0.717) is 5.92 Å². The van der Waals surface area contributed by atoms with Gasteiger partial charge >= 0.3 is 6.61 Å². The van der Waals surface area contributed by atoms with Gasteiger partial charge in [-0.1, -0.05) is 63.5 Å². The van der Waals surface area contributed by atoms with Gasteiger partial charge in [-0.2, -0.15) is 8.78 Å². The third-order valence-corrected chi connectivity index (χ3v) is 8.36. The summed E-state index contributed by atoms with van der Waals surface area (Å²) in [7, 11) is 0. The summed E-state index contributed by atoms with van der Waals surface area (Å²) in [6.07, 6.45) is 20.0. The van der Waals surface area contributed by atoms with Crippen LogP contribution in [0.1, 0.15) is 101 Å². The van der Waals surface area contributed by atoms with Crippen molar-refractivity contribution in [2.24, 2.45) is 23.7 Å². The van der Waals surface area contributed by atoms with E-state index >= 15 is 0 Å². The third-order valence-electron chi connectivity index (χ3n) is 8.36. The molecule has 3 fully saturated rings. The van der Waals surface area contributed by atoms with Crippen molar-refractivity contribution < 1.29 is 13.5 Å². The van der Waals surface area contributed by atoms with E-state index in [1.807, 2.05) is 12.1 Å². The van der Waals surface area contributed by atoms with Crippen LogP contribution in [-0.4, -0.2) is 6.61 Å². The minimum absolute atomic E-state index is 0.266. The zero-order valence-electron chi connectivity index (χ0n) is 17.8. The van der Waals surface area contributed by atoms with Crippen LogP contribution in [0.2, 0.25) is 0 Å². The summed E-state index contributed by atoms with van der Waals surface area (Å²) in [6.45, 7) is -2.74. The Morgan fingerprint density at radius 2 is 1.21 bits per heavy atom. The van der Waals surface area contributed by atoms with Gasteiger partial charge in [0.25, 0.3) is 0 Å². The molecule has 0 bridgehead atoms. The molecule has 3 heteroatoms. The van der Waals surface area contributed by atoms with Crippen molar-refractivity contribution >= 4 is 0 Å². The van der Waals surface area contributed by atoms with E-state index in [2.05, 4.69) is 4.74 Å².